The minimum Gasteiger partial charge on any atom is -0.354 e. The Balaban J connectivity index is 1.50. The predicted octanol–water partition coefficient (Wildman–Crippen LogP) is 5.84. The van der Waals surface area contributed by atoms with Crippen LogP contribution in [0.3, 0.4) is 0 Å². The summed E-state index contributed by atoms with van der Waals surface area (Å²) in [6.07, 6.45) is 2.89. The number of nitrogens with zero attached hydrogens (tertiary/aromatic N) is 3. The number of carbonyl (C=O) groups excluding carboxylic acids is 1. The second kappa shape index (κ2) is 9.01. The van der Waals surface area contributed by atoms with E-state index in [-0.39, 0.29) is 5.91 Å². The average Bonchev–Trinajstić information content (AvgIpc) is 3.39. The lowest BCUT2D eigenvalue weighted by molar-refractivity contribution is -0.130. The highest BCUT2D eigenvalue weighted by Gasteiger charge is 2.23. The Bertz CT molecular complexity index is 1360. The molecular formula is C28H32N4OS. The number of pyridine rings is 1. The maximum absolute atomic E-state index is 12.2. The first-order chi connectivity index (χ1) is 16.3. The minimum absolute atomic E-state index is 0.166. The summed E-state index contributed by atoms with van der Waals surface area (Å²) in [7, 11) is 3.65. The highest BCUT2D eigenvalue weighted by molar-refractivity contribution is 7.15. The molecule has 1 amide bonds. The summed E-state index contributed by atoms with van der Waals surface area (Å²) in [5.74, 6) is 0.561. The van der Waals surface area contributed by atoms with Gasteiger partial charge in [0.05, 0.1) is 12.2 Å². The van der Waals surface area contributed by atoms with Crippen LogP contribution in [0.15, 0.2) is 42.6 Å². The van der Waals surface area contributed by atoms with Gasteiger partial charge >= 0.3 is 0 Å². The van der Waals surface area contributed by atoms with E-state index < -0.39 is 0 Å². The van der Waals surface area contributed by atoms with Crippen LogP contribution in [-0.4, -0.2) is 52.9 Å². The van der Waals surface area contributed by atoms with Crippen LogP contribution in [0.25, 0.3) is 32.6 Å². The number of rotatable bonds is 5. The third-order valence-electron chi connectivity index (χ3n) is 6.70. The van der Waals surface area contributed by atoms with Gasteiger partial charge in [-0.1, -0.05) is 19.9 Å². The average molecular weight is 473 g/mol. The van der Waals surface area contributed by atoms with Crippen LogP contribution in [0.5, 0.6) is 0 Å². The van der Waals surface area contributed by atoms with Crippen molar-refractivity contribution in [1.29, 1.82) is 0 Å². The first-order valence-corrected chi connectivity index (χ1v) is 12.7. The van der Waals surface area contributed by atoms with Crippen LogP contribution in [0, 0.1) is 6.92 Å². The van der Waals surface area contributed by atoms with E-state index in [1.807, 2.05) is 38.6 Å². The number of H-pyrrole nitrogens is 1. The minimum atomic E-state index is 0.166. The molecule has 1 aliphatic heterocycles. The molecule has 0 atom stereocenters. The number of nitrogens with one attached hydrogen (secondary N) is 1. The van der Waals surface area contributed by atoms with E-state index in [1.54, 1.807) is 4.90 Å². The van der Waals surface area contributed by atoms with Gasteiger partial charge in [0, 0.05) is 65.3 Å². The Hall–Kier alpha value is -2.96. The topological polar surface area (TPSA) is 52.2 Å². The van der Waals surface area contributed by atoms with Gasteiger partial charge in [-0.15, -0.1) is 11.3 Å². The number of carbonyl (C=O) groups is 1. The zero-order valence-corrected chi connectivity index (χ0v) is 21.4. The van der Waals surface area contributed by atoms with Gasteiger partial charge in [0.25, 0.3) is 0 Å². The summed E-state index contributed by atoms with van der Waals surface area (Å²) in [5, 5.41) is 1.29. The number of fused-ring (bicyclic) bond motifs is 2. The van der Waals surface area contributed by atoms with E-state index >= 15 is 0 Å². The van der Waals surface area contributed by atoms with Gasteiger partial charge in [-0.25, -0.2) is 0 Å². The molecule has 0 saturated heterocycles. The summed E-state index contributed by atoms with van der Waals surface area (Å²) in [6.45, 7) is 8.85. The first-order valence-electron chi connectivity index (χ1n) is 11.9. The summed E-state index contributed by atoms with van der Waals surface area (Å²) in [6, 6.07) is 13.4. The molecule has 0 bridgehead atoms. The maximum atomic E-state index is 12.2. The van der Waals surface area contributed by atoms with Gasteiger partial charge in [-0.2, -0.15) is 0 Å². The number of amides is 1. The van der Waals surface area contributed by atoms with Crippen LogP contribution >= 0.6 is 11.3 Å². The lowest BCUT2D eigenvalue weighted by Crippen LogP contribution is -2.38. The maximum Gasteiger partial charge on any atom is 0.236 e. The summed E-state index contributed by atoms with van der Waals surface area (Å²) >= 11 is 1.87. The fourth-order valence-electron chi connectivity index (χ4n) is 4.88. The van der Waals surface area contributed by atoms with Crippen molar-refractivity contribution in [3.63, 3.8) is 0 Å². The number of likely N-dealkylation sites (N-methyl/N-ethyl adjacent to an activating group) is 1. The Labute approximate surface area is 205 Å². The van der Waals surface area contributed by atoms with Crippen molar-refractivity contribution < 1.29 is 4.79 Å². The second-order valence-electron chi connectivity index (χ2n) is 9.82. The van der Waals surface area contributed by atoms with E-state index in [9.17, 15) is 4.79 Å². The molecule has 1 aliphatic rings. The highest BCUT2D eigenvalue weighted by atomic mass is 32.1. The van der Waals surface area contributed by atoms with Crippen molar-refractivity contribution in [2.24, 2.45) is 0 Å². The summed E-state index contributed by atoms with van der Waals surface area (Å²) in [4.78, 5) is 26.9. The van der Waals surface area contributed by atoms with E-state index in [4.69, 9.17) is 0 Å². The lowest BCUT2D eigenvalue weighted by atomic mass is 9.95. The molecule has 3 aromatic heterocycles. The monoisotopic (exact) mass is 472 g/mol. The van der Waals surface area contributed by atoms with Gasteiger partial charge in [-0.05, 0) is 66.3 Å². The van der Waals surface area contributed by atoms with Crippen LogP contribution in [0.2, 0.25) is 0 Å². The molecule has 5 nitrogen and oxygen atoms in total. The zero-order valence-electron chi connectivity index (χ0n) is 20.6. The number of hydrogen-bond donors (Lipinski definition) is 1. The predicted molar refractivity (Wildman–Crippen MR) is 141 cm³/mol. The third kappa shape index (κ3) is 4.28. The van der Waals surface area contributed by atoms with E-state index in [1.165, 1.54) is 48.6 Å². The van der Waals surface area contributed by atoms with Gasteiger partial charge in [-0.3, -0.25) is 14.7 Å². The molecule has 0 radical (unpaired) electrons. The van der Waals surface area contributed by atoms with Crippen molar-refractivity contribution in [3.05, 3.63) is 64.3 Å². The van der Waals surface area contributed by atoms with E-state index in [2.05, 4.69) is 65.1 Å². The summed E-state index contributed by atoms with van der Waals surface area (Å²) in [5.41, 5.74) is 8.63. The SMILES string of the molecule is Cc1cc(-c2[nH]c3ccc(-c4cc5c(s4)CN(CC(=O)N(C)C)CC5)cc3c2C(C)C)ccn1. The number of thiophene rings is 1. The Morgan fingerprint density at radius 1 is 1.18 bits per heavy atom. The number of aromatic amines is 1. The molecule has 1 aromatic carbocycles. The first kappa shape index (κ1) is 22.8. The summed E-state index contributed by atoms with van der Waals surface area (Å²) < 4.78 is 0. The largest absolute Gasteiger partial charge is 0.354 e. The number of benzene rings is 1. The van der Waals surface area contributed by atoms with Gasteiger partial charge in [0.2, 0.25) is 5.91 Å². The molecule has 4 aromatic rings. The Kier molecular flexibility index (Phi) is 6.04. The third-order valence-corrected chi connectivity index (χ3v) is 7.92. The standard InChI is InChI=1S/C28H32N4OS/c1-17(2)27-22-13-19(6-7-23(22)30-28(27)21-8-10-29-18(3)12-21)24-14-20-9-11-32(15-25(20)34-24)16-26(33)31(4)5/h6-8,10,12-14,17,30H,9,11,15-16H2,1-5H3. The smallest absolute Gasteiger partial charge is 0.236 e. The fraction of sp³-hybridized carbons (Fsp3) is 0.357. The van der Waals surface area contributed by atoms with Crippen LogP contribution < -0.4 is 0 Å². The van der Waals surface area contributed by atoms with Crippen molar-refractivity contribution >= 4 is 28.1 Å². The van der Waals surface area contributed by atoms with E-state index in [0.29, 0.717) is 12.5 Å². The van der Waals surface area contributed by atoms with Gasteiger partial charge in [0.15, 0.2) is 0 Å². The number of hydrogen-bond acceptors (Lipinski definition) is 4. The molecule has 6 heteroatoms. The Morgan fingerprint density at radius 3 is 2.74 bits per heavy atom. The molecule has 0 spiro atoms. The normalized spacial score (nSPS) is 14.1. The van der Waals surface area contributed by atoms with Crippen LogP contribution in [0.1, 0.15) is 41.5 Å². The van der Waals surface area contributed by atoms with Gasteiger partial charge < -0.3 is 9.88 Å². The molecule has 0 unspecified atom stereocenters. The van der Waals surface area contributed by atoms with Crippen LogP contribution in [0.4, 0.5) is 0 Å². The second-order valence-corrected chi connectivity index (χ2v) is 11.0. The number of aromatic nitrogens is 2. The fourth-order valence-corrected chi connectivity index (χ4v) is 6.13. The Morgan fingerprint density at radius 2 is 2.00 bits per heavy atom. The highest BCUT2D eigenvalue weighted by Crippen LogP contribution is 2.40. The molecule has 5 rings (SSSR count). The van der Waals surface area contributed by atoms with Crippen LogP contribution in [-0.2, 0) is 17.8 Å². The van der Waals surface area contributed by atoms with Crippen molar-refractivity contribution in [2.75, 3.05) is 27.2 Å². The molecule has 0 saturated carbocycles. The van der Waals surface area contributed by atoms with Gasteiger partial charge in [0.1, 0.15) is 0 Å². The lowest BCUT2D eigenvalue weighted by Gasteiger charge is -2.27. The van der Waals surface area contributed by atoms with E-state index in [0.717, 1.165) is 25.2 Å². The molecule has 34 heavy (non-hydrogen) atoms. The molecule has 0 fully saturated rings. The molecule has 1 N–H and O–H groups in total. The molecule has 176 valence electrons. The van der Waals surface area contributed by atoms with Crippen molar-refractivity contribution in [1.82, 2.24) is 19.8 Å². The molecule has 4 heterocycles. The zero-order chi connectivity index (χ0) is 24.0. The quantitative estimate of drug-likeness (QED) is 0.397. The number of aryl methyl sites for hydroxylation is 1. The molecular weight excluding hydrogens is 440 g/mol. The van der Waals surface area contributed by atoms with Crippen molar-refractivity contribution in [3.8, 4) is 21.7 Å². The van der Waals surface area contributed by atoms with Crippen molar-refractivity contribution in [2.45, 2.75) is 39.7 Å². The molecule has 0 aliphatic carbocycles.